The number of hydrogen-bond acceptors (Lipinski definition) is 4. The van der Waals surface area contributed by atoms with Crippen LogP contribution in [0.15, 0.2) is 42.5 Å². The molecule has 2 aromatic carbocycles. The number of anilines is 1. The molecule has 0 radical (unpaired) electrons. The second kappa shape index (κ2) is 10.8. The van der Waals surface area contributed by atoms with Gasteiger partial charge in [0.25, 0.3) is 5.91 Å². The van der Waals surface area contributed by atoms with E-state index in [0.717, 1.165) is 6.07 Å². The van der Waals surface area contributed by atoms with Crippen LogP contribution < -0.4 is 16.0 Å². The van der Waals surface area contributed by atoms with Crippen LogP contribution >= 0.6 is 11.6 Å². The molecule has 0 saturated heterocycles. The first-order valence-corrected chi connectivity index (χ1v) is 10.0. The van der Waals surface area contributed by atoms with Crippen molar-refractivity contribution in [3.63, 3.8) is 0 Å². The quantitative estimate of drug-likeness (QED) is 0.588. The van der Waals surface area contributed by atoms with Crippen LogP contribution in [0.4, 0.5) is 14.9 Å². The summed E-state index contributed by atoms with van der Waals surface area (Å²) in [5.41, 5.74) is 0.167. The summed E-state index contributed by atoms with van der Waals surface area (Å²) in [7, 11) is 0. The van der Waals surface area contributed by atoms with Crippen LogP contribution in [0, 0.1) is 5.82 Å². The number of nitrogens with one attached hydrogen (secondary N) is 3. The third-order valence-electron chi connectivity index (χ3n) is 3.95. The largest absolute Gasteiger partial charge is 0.444 e. The Kier molecular flexibility index (Phi) is 8.38. The maximum atomic E-state index is 14.0. The van der Waals surface area contributed by atoms with Crippen LogP contribution in [-0.2, 0) is 16.1 Å². The molecule has 0 fully saturated rings. The number of halogens is 2. The van der Waals surface area contributed by atoms with Crippen LogP contribution in [0.3, 0.4) is 0 Å². The molecule has 0 unspecified atom stereocenters. The average molecular weight is 450 g/mol. The molecule has 0 aliphatic rings. The fraction of sp³-hybridized carbons (Fsp3) is 0.318. The molecule has 31 heavy (non-hydrogen) atoms. The molecule has 0 aliphatic carbocycles. The van der Waals surface area contributed by atoms with Gasteiger partial charge in [-0.1, -0.05) is 35.9 Å². The Morgan fingerprint density at radius 3 is 2.42 bits per heavy atom. The minimum absolute atomic E-state index is 0.000714. The van der Waals surface area contributed by atoms with Gasteiger partial charge in [-0.15, -0.1) is 0 Å². The highest BCUT2D eigenvalue weighted by molar-refractivity contribution is 6.34. The van der Waals surface area contributed by atoms with Gasteiger partial charge in [0, 0.05) is 25.2 Å². The van der Waals surface area contributed by atoms with E-state index < -0.39 is 23.4 Å². The number of carbonyl (C=O) groups is 3. The number of carbonyl (C=O) groups excluding carboxylic acids is 3. The van der Waals surface area contributed by atoms with Crippen LogP contribution in [0.2, 0.25) is 5.02 Å². The molecule has 0 aromatic heterocycles. The van der Waals surface area contributed by atoms with Crippen molar-refractivity contribution in [2.24, 2.45) is 0 Å². The molecule has 0 saturated carbocycles. The number of hydrogen-bond donors (Lipinski definition) is 3. The second-order valence-corrected chi connectivity index (χ2v) is 8.07. The highest BCUT2D eigenvalue weighted by atomic mass is 35.5. The Balaban J connectivity index is 1.90. The van der Waals surface area contributed by atoms with Crippen molar-refractivity contribution in [2.45, 2.75) is 39.3 Å². The van der Waals surface area contributed by atoms with Gasteiger partial charge in [-0.2, -0.15) is 0 Å². The maximum absolute atomic E-state index is 14.0. The van der Waals surface area contributed by atoms with Gasteiger partial charge in [-0.05, 0) is 44.5 Å². The monoisotopic (exact) mass is 449 g/mol. The van der Waals surface area contributed by atoms with E-state index in [4.69, 9.17) is 16.3 Å². The summed E-state index contributed by atoms with van der Waals surface area (Å²) in [6.07, 6.45) is -0.543. The van der Waals surface area contributed by atoms with E-state index in [2.05, 4.69) is 16.0 Å². The fourth-order valence-electron chi connectivity index (χ4n) is 2.57. The van der Waals surface area contributed by atoms with Gasteiger partial charge >= 0.3 is 6.09 Å². The predicted molar refractivity (Wildman–Crippen MR) is 117 cm³/mol. The third kappa shape index (κ3) is 7.90. The van der Waals surface area contributed by atoms with Crippen molar-refractivity contribution in [3.05, 3.63) is 64.4 Å². The van der Waals surface area contributed by atoms with Crippen molar-refractivity contribution in [1.82, 2.24) is 10.6 Å². The van der Waals surface area contributed by atoms with Gasteiger partial charge in [0.15, 0.2) is 0 Å². The van der Waals surface area contributed by atoms with Gasteiger partial charge < -0.3 is 20.7 Å². The lowest BCUT2D eigenvalue weighted by Gasteiger charge is -2.19. The summed E-state index contributed by atoms with van der Waals surface area (Å²) in [6, 6.07) is 10.8. The van der Waals surface area contributed by atoms with Crippen molar-refractivity contribution < 1.29 is 23.5 Å². The summed E-state index contributed by atoms with van der Waals surface area (Å²) < 4.78 is 19.1. The maximum Gasteiger partial charge on any atom is 0.407 e. The topological polar surface area (TPSA) is 96.5 Å². The Morgan fingerprint density at radius 2 is 1.74 bits per heavy atom. The van der Waals surface area contributed by atoms with E-state index in [0.29, 0.717) is 11.3 Å². The highest BCUT2D eigenvalue weighted by Gasteiger charge is 2.18. The predicted octanol–water partition coefficient (Wildman–Crippen LogP) is 4.26. The van der Waals surface area contributed by atoms with Gasteiger partial charge in [0.1, 0.15) is 11.4 Å². The van der Waals surface area contributed by atoms with Gasteiger partial charge in [0.05, 0.1) is 10.6 Å². The molecule has 0 aliphatic heterocycles. The molecule has 166 valence electrons. The average Bonchev–Trinajstić information content (AvgIpc) is 2.65. The molecular formula is C22H25ClFN3O4. The van der Waals surface area contributed by atoms with E-state index in [9.17, 15) is 18.8 Å². The summed E-state index contributed by atoms with van der Waals surface area (Å²) in [5.74, 6) is -1.72. The Labute approximate surface area is 185 Å². The zero-order valence-corrected chi connectivity index (χ0v) is 18.3. The van der Waals surface area contributed by atoms with E-state index in [1.165, 1.54) is 12.1 Å². The van der Waals surface area contributed by atoms with Crippen LogP contribution in [0.25, 0.3) is 0 Å². The Hall–Kier alpha value is -3.13. The summed E-state index contributed by atoms with van der Waals surface area (Å²) in [5, 5.41) is 7.85. The molecule has 0 heterocycles. The SMILES string of the molecule is CC(C)(C)OC(=O)NCCC(=O)NCc1ccccc1NC(=O)c1c(F)cccc1Cl. The number of ether oxygens (including phenoxy) is 1. The zero-order chi connectivity index (χ0) is 23.0. The smallest absolute Gasteiger partial charge is 0.407 e. The lowest BCUT2D eigenvalue weighted by molar-refractivity contribution is -0.121. The molecule has 3 amide bonds. The summed E-state index contributed by atoms with van der Waals surface area (Å²) >= 11 is 5.94. The van der Waals surface area contributed by atoms with Gasteiger partial charge in [-0.25, -0.2) is 9.18 Å². The van der Waals surface area contributed by atoms with Crippen molar-refractivity contribution in [1.29, 1.82) is 0 Å². The number of para-hydroxylation sites is 1. The van der Waals surface area contributed by atoms with E-state index in [-0.39, 0.29) is 36.0 Å². The van der Waals surface area contributed by atoms with E-state index in [1.807, 2.05) is 0 Å². The Bertz CT molecular complexity index is 940. The molecule has 2 aromatic rings. The third-order valence-corrected chi connectivity index (χ3v) is 4.27. The standard InChI is InChI=1S/C22H25ClFN3O4/c1-22(2,3)31-21(30)25-12-11-18(28)26-13-14-7-4-5-10-17(14)27-20(29)19-15(23)8-6-9-16(19)24/h4-10H,11-13H2,1-3H3,(H,25,30)(H,26,28)(H,27,29). The fourth-order valence-corrected chi connectivity index (χ4v) is 2.82. The highest BCUT2D eigenvalue weighted by Crippen LogP contribution is 2.22. The molecule has 7 nitrogen and oxygen atoms in total. The molecule has 2 rings (SSSR count). The number of rotatable bonds is 7. The molecular weight excluding hydrogens is 425 g/mol. The first-order chi connectivity index (χ1) is 14.6. The molecule has 0 bridgehead atoms. The summed E-state index contributed by atoms with van der Waals surface area (Å²) in [6.45, 7) is 5.48. The van der Waals surface area contributed by atoms with Crippen LogP contribution in [0.1, 0.15) is 43.1 Å². The van der Waals surface area contributed by atoms with Crippen LogP contribution in [-0.4, -0.2) is 30.1 Å². The second-order valence-electron chi connectivity index (χ2n) is 7.66. The van der Waals surface area contributed by atoms with E-state index >= 15 is 0 Å². The molecule has 0 atom stereocenters. The number of alkyl carbamates (subject to hydrolysis) is 1. The van der Waals surface area contributed by atoms with Crippen molar-refractivity contribution in [3.8, 4) is 0 Å². The Morgan fingerprint density at radius 1 is 1.03 bits per heavy atom. The molecule has 0 spiro atoms. The normalized spacial score (nSPS) is 10.9. The molecule has 9 heteroatoms. The lowest BCUT2D eigenvalue weighted by atomic mass is 10.1. The minimum Gasteiger partial charge on any atom is -0.444 e. The van der Waals surface area contributed by atoms with Crippen LogP contribution in [0.5, 0.6) is 0 Å². The number of benzene rings is 2. The minimum atomic E-state index is -0.728. The lowest BCUT2D eigenvalue weighted by Crippen LogP contribution is -2.35. The van der Waals surface area contributed by atoms with Gasteiger partial charge in [0.2, 0.25) is 5.91 Å². The van der Waals surface area contributed by atoms with Gasteiger partial charge in [-0.3, -0.25) is 9.59 Å². The van der Waals surface area contributed by atoms with Crippen molar-refractivity contribution in [2.75, 3.05) is 11.9 Å². The first kappa shape index (κ1) is 24.1. The van der Waals surface area contributed by atoms with Crippen molar-refractivity contribution >= 4 is 35.2 Å². The summed E-state index contributed by atoms with van der Waals surface area (Å²) in [4.78, 5) is 36.1. The zero-order valence-electron chi connectivity index (χ0n) is 17.6. The number of amides is 3. The van der Waals surface area contributed by atoms with E-state index in [1.54, 1.807) is 45.0 Å². The molecule has 3 N–H and O–H groups in total. The first-order valence-electron chi connectivity index (χ1n) is 9.63.